The van der Waals surface area contributed by atoms with Gasteiger partial charge in [0.1, 0.15) is 18.5 Å². The lowest BCUT2D eigenvalue weighted by Crippen LogP contribution is -2.43. The quantitative estimate of drug-likeness (QED) is 0.864. The highest BCUT2D eigenvalue weighted by atomic mass is 19.4. The van der Waals surface area contributed by atoms with E-state index in [1.807, 2.05) is 4.90 Å². The maximum Gasteiger partial charge on any atom is 0.391 e. The van der Waals surface area contributed by atoms with E-state index >= 15 is 0 Å². The van der Waals surface area contributed by atoms with E-state index in [1.165, 1.54) is 0 Å². The van der Waals surface area contributed by atoms with E-state index in [9.17, 15) is 18.3 Å². The second-order valence-electron chi connectivity index (χ2n) is 6.06. The number of hydrogen-bond acceptors (Lipinski definition) is 4. The Labute approximate surface area is 139 Å². The minimum Gasteiger partial charge on any atom is -0.491 e. The Balaban J connectivity index is 1.70. The van der Waals surface area contributed by atoms with Crippen LogP contribution in [-0.4, -0.2) is 48.5 Å². The molecule has 0 aromatic heterocycles. The van der Waals surface area contributed by atoms with Gasteiger partial charge < -0.3 is 14.7 Å². The van der Waals surface area contributed by atoms with Crippen LogP contribution in [0.3, 0.4) is 0 Å². The van der Waals surface area contributed by atoms with Crippen molar-refractivity contribution in [2.24, 2.45) is 5.92 Å². The molecule has 1 atom stereocenters. The van der Waals surface area contributed by atoms with Crippen LogP contribution >= 0.6 is 0 Å². The van der Waals surface area contributed by atoms with Crippen LogP contribution in [0.15, 0.2) is 24.3 Å². The van der Waals surface area contributed by atoms with Crippen molar-refractivity contribution in [2.45, 2.75) is 31.5 Å². The molecule has 1 aromatic carbocycles. The molecule has 0 saturated carbocycles. The molecule has 0 radical (unpaired) electrons. The number of hydrogen-bond donors (Lipinski definition) is 1. The molecule has 24 heavy (non-hydrogen) atoms. The summed E-state index contributed by atoms with van der Waals surface area (Å²) in [6.45, 7) is 1.06. The van der Waals surface area contributed by atoms with Gasteiger partial charge in [-0.2, -0.15) is 18.4 Å². The van der Waals surface area contributed by atoms with Crippen molar-refractivity contribution in [2.75, 3.05) is 26.2 Å². The first kappa shape index (κ1) is 18.6. The number of nitriles is 1. The highest BCUT2D eigenvalue weighted by Crippen LogP contribution is 2.34. The highest BCUT2D eigenvalue weighted by Gasteiger charge is 2.41. The number of β-amino-alcohol motifs (C(OH)–C–C–N with tert-alkyl or cyclic N) is 1. The van der Waals surface area contributed by atoms with Crippen LogP contribution in [0.5, 0.6) is 5.75 Å². The minimum absolute atomic E-state index is 0.0802. The predicted octanol–water partition coefficient (Wildman–Crippen LogP) is 2.77. The first-order chi connectivity index (χ1) is 11.4. The van der Waals surface area contributed by atoms with E-state index in [0.717, 1.165) is 5.56 Å². The normalized spacial score (nSPS) is 18.1. The molecule has 2 rings (SSSR count). The number of alkyl halides is 3. The maximum absolute atomic E-state index is 12.6. The van der Waals surface area contributed by atoms with Crippen LogP contribution in [0, 0.1) is 17.2 Å². The molecule has 0 aliphatic carbocycles. The van der Waals surface area contributed by atoms with Crippen LogP contribution in [0.4, 0.5) is 13.2 Å². The molecule has 1 saturated heterocycles. The van der Waals surface area contributed by atoms with Gasteiger partial charge >= 0.3 is 6.18 Å². The number of likely N-dealkylation sites (tertiary alicyclic amines) is 1. The summed E-state index contributed by atoms with van der Waals surface area (Å²) in [4.78, 5) is 1.84. The zero-order chi connectivity index (χ0) is 17.6. The average Bonchev–Trinajstić information content (AvgIpc) is 2.54. The van der Waals surface area contributed by atoms with E-state index in [0.29, 0.717) is 31.8 Å². The Morgan fingerprint density at radius 2 is 1.88 bits per heavy atom. The van der Waals surface area contributed by atoms with E-state index in [2.05, 4.69) is 6.07 Å². The van der Waals surface area contributed by atoms with Crippen LogP contribution < -0.4 is 4.74 Å². The van der Waals surface area contributed by atoms with E-state index in [-0.39, 0.29) is 19.4 Å². The minimum atomic E-state index is -4.12. The smallest absolute Gasteiger partial charge is 0.391 e. The second-order valence-corrected chi connectivity index (χ2v) is 6.06. The first-order valence-corrected chi connectivity index (χ1v) is 7.94. The molecule has 1 unspecified atom stereocenters. The molecule has 1 aliphatic rings. The van der Waals surface area contributed by atoms with Crippen molar-refractivity contribution >= 4 is 0 Å². The number of halogens is 3. The predicted molar refractivity (Wildman–Crippen MR) is 82.5 cm³/mol. The Kier molecular flexibility index (Phi) is 6.46. The fourth-order valence-corrected chi connectivity index (χ4v) is 2.78. The number of rotatable bonds is 6. The highest BCUT2D eigenvalue weighted by molar-refractivity contribution is 5.28. The number of nitrogens with zero attached hydrogens (tertiary/aromatic N) is 2. The van der Waals surface area contributed by atoms with Gasteiger partial charge in [0.15, 0.2) is 0 Å². The number of benzene rings is 1. The molecular weight excluding hydrogens is 321 g/mol. The molecule has 0 spiro atoms. The summed E-state index contributed by atoms with van der Waals surface area (Å²) in [6, 6.07) is 9.08. The first-order valence-electron chi connectivity index (χ1n) is 7.94. The van der Waals surface area contributed by atoms with Crippen molar-refractivity contribution in [1.29, 1.82) is 5.26 Å². The van der Waals surface area contributed by atoms with Crippen LogP contribution in [-0.2, 0) is 6.42 Å². The van der Waals surface area contributed by atoms with Crippen molar-refractivity contribution in [3.8, 4) is 11.8 Å². The van der Waals surface area contributed by atoms with E-state index in [1.54, 1.807) is 24.3 Å². The fraction of sp³-hybridized carbons (Fsp3) is 0.588. The van der Waals surface area contributed by atoms with E-state index in [4.69, 9.17) is 10.00 Å². The van der Waals surface area contributed by atoms with Gasteiger partial charge in [-0.15, -0.1) is 0 Å². The molecule has 0 bridgehead atoms. The summed E-state index contributed by atoms with van der Waals surface area (Å²) < 4.78 is 43.3. The van der Waals surface area contributed by atoms with Crippen LogP contribution in [0.25, 0.3) is 0 Å². The topological polar surface area (TPSA) is 56.5 Å². The van der Waals surface area contributed by atoms with Crippen molar-refractivity contribution in [3.05, 3.63) is 29.8 Å². The van der Waals surface area contributed by atoms with Gasteiger partial charge in [0, 0.05) is 6.54 Å². The summed E-state index contributed by atoms with van der Waals surface area (Å²) in [5.74, 6) is -0.638. The van der Waals surface area contributed by atoms with Crippen molar-refractivity contribution < 1.29 is 23.0 Å². The molecule has 7 heteroatoms. The standard InChI is InChI=1S/C17H21F3N2O2/c18-17(19,20)14-6-9-22(10-7-14)11-15(23)12-24-16-3-1-13(2-4-16)5-8-21/h1-4,14-15,23H,5-7,9-12H2. The number of ether oxygens (including phenoxy) is 1. The number of aliphatic hydroxyl groups excluding tert-OH is 1. The van der Waals surface area contributed by atoms with Crippen LogP contribution in [0.1, 0.15) is 18.4 Å². The fourth-order valence-electron chi connectivity index (χ4n) is 2.78. The Hall–Kier alpha value is -1.78. The Morgan fingerprint density at radius 3 is 2.42 bits per heavy atom. The lowest BCUT2D eigenvalue weighted by Gasteiger charge is -2.33. The zero-order valence-corrected chi connectivity index (χ0v) is 13.3. The molecule has 1 heterocycles. The molecule has 1 fully saturated rings. The lowest BCUT2D eigenvalue weighted by molar-refractivity contribution is -0.185. The molecule has 1 N–H and O–H groups in total. The van der Waals surface area contributed by atoms with Crippen molar-refractivity contribution in [3.63, 3.8) is 0 Å². The van der Waals surface area contributed by atoms with Gasteiger partial charge in [0.25, 0.3) is 0 Å². The number of aliphatic hydroxyl groups is 1. The van der Waals surface area contributed by atoms with Crippen LogP contribution in [0.2, 0.25) is 0 Å². The molecule has 4 nitrogen and oxygen atoms in total. The van der Waals surface area contributed by atoms with Gasteiger partial charge in [-0.05, 0) is 43.6 Å². The monoisotopic (exact) mass is 342 g/mol. The summed E-state index contributed by atoms with van der Waals surface area (Å²) >= 11 is 0. The molecule has 1 aliphatic heterocycles. The van der Waals surface area contributed by atoms with Gasteiger partial charge in [-0.25, -0.2) is 0 Å². The third-order valence-electron chi connectivity index (χ3n) is 4.17. The third kappa shape index (κ3) is 5.69. The Bertz CT molecular complexity index is 546. The van der Waals surface area contributed by atoms with Gasteiger partial charge in [-0.3, -0.25) is 0 Å². The average molecular weight is 342 g/mol. The summed E-state index contributed by atoms with van der Waals surface area (Å²) in [6.07, 6.45) is -4.39. The second kappa shape index (κ2) is 8.36. The third-order valence-corrected chi connectivity index (χ3v) is 4.17. The maximum atomic E-state index is 12.6. The van der Waals surface area contributed by atoms with Crippen molar-refractivity contribution in [1.82, 2.24) is 4.90 Å². The van der Waals surface area contributed by atoms with Gasteiger partial charge in [0.2, 0.25) is 0 Å². The molecule has 1 aromatic rings. The van der Waals surface area contributed by atoms with Gasteiger partial charge in [0.05, 0.1) is 18.4 Å². The zero-order valence-electron chi connectivity index (χ0n) is 13.3. The molecular formula is C17H21F3N2O2. The lowest BCUT2D eigenvalue weighted by atomic mass is 9.96. The SMILES string of the molecule is N#CCc1ccc(OCC(O)CN2CCC(C(F)(F)F)CC2)cc1. The van der Waals surface area contributed by atoms with E-state index < -0.39 is 18.2 Å². The van der Waals surface area contributed by atoms with Gasteiger partial charge in [-0.1, -0.05) is 12.1 Å². The molecule has 132 valence electrons. The molecule has 0 amide bonds. The summed E-state index contributed by atoms with van der Waals surface area (Å²) in [5, 5.41) is 18.6. The summed E-state index contributed by atoms with van der Waals surface area (Å²) in [5.41, 5.74) is 0.887. The summed E-state index contributed by atoms with van der Waals surface area (Å²) in [7, 11) is 0. The number of piperidine rings is 1. The Morgan fingerprint density at radius 1 is 1.25 bits per heavy atom. The largest absolute Gasteiger partial charge is 0.491 e.